The van der Waals surface area contributed by atoms with E-state index < -0.39 is 0 Å². The Labute approximate surface area is 166 Å². The highest BCUT2D eigenvalue weighted by molar-refractivity contribution is 6.03. The molecule has 1 aromatic heterocycles. The molecule has 3 aromatic carbocycles. The Balaban J connectivity index is 1.69. The summed E-state index contributed by atoms with van der Waals surface area (Å²) in [6.07, 6.45) is 6.52. The van der Waals surface area contributed by atoms with Crippen LogP contribution < -0.4 is 5.32 Å². The van der Waals surface area contributed by atoms with Gasteiger partial charge in [0.05, 0.1) is 16.6 Å². The summed E-state index contributed by atoms with van der Waals surface area (Å²) in [5, 5.41) is 10.1. The Morgan fingerprint density at radius 3 is 2.21 bits per heavy atom. The van der Waals surface area contributed by atoms with Crippen molar-refractivity contribution in [1.82, 2.24) is 9.78 Å². The number of para-hydroxylation sites is 1. The van der Waals surface area contributed by atoms with Crippen molar-refractivity contribution >= 4 is 16.6 Å². The molecule has 1 heterocycles. The van der Waals surface area contributed by atoms with E-state index in [-0.39, 0.29) is 0 Å². The maximum Gasteiger partial charge on any atom is 0.103 e. The number of benzene rings is 3. The number of rotatable bonds is 4. The third kappa shape index (κ3) is 3.18. The van der Waals surface area contributed by atoms with Crippen LogP contribution in [0.1, 0.15) is 32.1 Å². The van der Waals surface area contributed by atoms with Crippen molar-refractivity contribution < 1.29 is 0 Å². The van der Waals surface area contributed by atoms with Crippen molar-refractivity contribution in [1.29, 1.82) is 0 Å². The molecule has 1 aliphatic rings. The summed E-state index contributed by atoms with van der Waals surface area (Å²) in [6.45, 7) is 0. The van der Waals surface area contributed by atoms with E-state index in [1.54, 1.807) is 0 Å². The highest BCUT2D eigenvalue weighted by Gasteiger charge is 2.19. The van der Waals surface area contributed by atoms with Gasteiger partial charge in [0.1, 0.15) is 5.69 Å². The number of hydrogen-bond donors (Lipinski definition) is 1. The van der Waals surface area contributed by atoms with Gasteiger partial charge in [0.2, 0.25) is 0 Å². The first-order chi connectivity index (χ1) is 13.9. The number of nitrogens with one attached hydrogen (secondary N) is 1. The molecule has 1 fully saturated rings. The van der Waals surface area contributed by atoms with Gasteiger partial charge in [-0.1, -0.05) is 73.9 Å². The predicted molar refractivity (Wildman–Crippen MR) is 117 cm³/mol. The van der Waals surface area contributed by atoms with E-state index in [0.717, 1.165) is 22.5 Å². The molecule has 0 unspecified atom stereocenters. The van der Waals surface area contributed by atoms with E-state index in [9.17, 15) is 0 Å². The Morgan fingerprint density at radius 1 is 0.750 bits per heavy atom. The van der Waals surface area contributed by atoms with Crippen molar-refractivity contribution in [2.45, 2.75) is 38.1 Å². The van der Waals surface area contributed by atoms with Crippen LogP contribution in [0.2, 0.25) is 0 Å². The van der Waals surface area contributed by atoms with Gasteiger partial charge in [-0.2, -0.15) is 5.10 Å². The normalized spacial score (nSPS) is 15.0. The molecule has 28 heavy (non-hydrogen) atoms. The zero-order valence-electron chi connectivity index (χ0n) is 16.0. The number of nitrogens with zero attached hydrogens (tertiary/aromatic N) is 2. The summed E-state index contributed by atoms with van der Waals surface area (Å²) in [5.41, 5.74) is 5.62. The summed E-state index contributed by atoms with van der Waals surface area (Å²) in [7, 11) is 0. The van der Waals surface area contributed by atoms with Crippen LogP contribution in [0.4, 0.5) is 5.69 Å². The molecule has 1 N–H and O–H groups in total. The monoisotopic (exact) mass is 367 g/mol. The molecule has 4 aromatic rings. The summed E-state index contributed by atoms with van der Waals surface area (Å²) in [4.78, 5) is 0. The van der Waals surface area contributed by atoms with Crippen molar-refractivity contribution in [3.63, 3.8) is 0 Å². The molecule has 140 valence electrons. The second-order valence-corrected chi connectivity index (χ2v) is 7.64. The summed E-state index contributed by atoms with van der Waals surface area (Å²) < 4.78 is 2.07. The first-order valence-electron chi connectivity index (χ1n) is 10.3. The lowest BCUT2D eigenvalue weighted by molar-refractivity contribution is 0.463. The molecule has 3 heteroatoms. The summed E-state index contributed by atoms with van der Waals surface area (Å²) in [6, 6.07) is 28.0. The van der Waals surface area contributed by atoms with Crippen LogP contribution in [0.25, 0.3) is 27.8 Å². The van der Waals surface area contributed by atoms with Crippen molar-refractivity contribution in [2.75, 3.05) is 5.32 Å². The van der Waals surface area contributed by atoms with E-state index in [4.69, 9.17) is 5.10 Å². The fourth-order valence-electron chi connectivity index (χ4n) is 4.32. The molecule has 0 radical (unpaired) electrons. The topological polar surface area (TPSA) is 29.9 Å². The fourth-order valence-corrected chi connectivity index (χ4v) is 4.32. The second kappa shape index (κ2) is 7.51. The Morgan fingerprint density at radius 2 is 1.46 bits per heavy atom. The zero-order valence-corrected chi connectivity index (χ0v) is 16.0. The SMILES string of the molecule is c1ccc(-c2nn(-c3ccccc3)c3cccc(NC4CCCCC4)c23)cc1. The van der Waals surface area contributed by atoms with Gasteiger partial charge in [-0.15, -0.1) is 0 Å². The average molecular weight is 367 g/mol. The maximum atomic E-state index is 5.06. The number of aromatic nitrogens is 2. The van der Waals surface area contributed by atoms with Crippen LogP contribution in [0.15, 0.2) is 78.9 Å². The van der Waals surface area contributed by atoms with Gasteiger partial charge in [-0.25, -0.2) is 4.68 Å². The second-order valence-electron chi connectivity index (χ2n) is 7.64. The van der Waals surface area contributed by atoms with Gasteiger partial charge in [0.15, 0.2) is 0 Å². The number of hydrogen-bond acceptors (Lipinski definition) is 2. The number of anilines is 1. The smallest absolute Gasteiger partial charge is 0.103 e. The molecule has 0 bridgehead atoms. The minimum atomic E-state index is 0.558. The lowest BCUT2D eigenvalue weighted by Gasteiger charge is -2.24. The molecule has 5 rings (SSSR count). The molecule has 0 atom stereocenters. The van der Waals surface area contributed by atoms with Gasteiger partial charge in [0, 0.05) is 17.3 Å². The molecule has 1 saturated carbocycles. The van der Waals surface area contributed by atoms with Crippen molar-refractivity contribution in [2.24, 2.45) is 0 Å². The molecule has 0 saturated heterocycles. The molecule has 0 aliphatic heterocycles. The first-order valence-corrected chi connectivity index (χ1v) is 10.3. The van der Waals surface area contributed by atoms with Gasteiger partial charge >= 0.3 is 0 Å². The predicted octanol–water partition coefficient (Wildman–Crippen LogP) is 6.44. The van der Waals surface area contributed by atoms with Crippen molar-refractivity contribution in [3.8, 4) is 16.9 Å². The largest absolute Gasteiger partial charge is 0.382 e. The highest BCUT2D eigenvalue weighted by atomic mass is 15.3. The molecule has 0 amide bonds. The van der Waals surface area contributed by atoms with Crippen LogP contribution in [0.3, 0.4) is 0 Å². The minimum absolute atomic E-state index is 0.558. The Kier molecular flexibility index (Phi) is 4.58. The standard InChI is InChI=1S/C25H25N3/c1-4-11-19(12-5-1)25-24-22(26-20-13-6-2-7-14-20)17-10-18-23(24)28(27-25)21-15-8-3-9-16-21/h1,3-5,8-12,15-18,20,26H,2,6-7,13-14H2. The van der Waals surface area contributed by atoms with Crippen LogP contribution in [-0.2, 0) is 0 Å². The first kappa shape index (κ1) is 17.1. The maximum absolute atomic E-state index is 5.06. The van der Waals surface area contributed by atoms with Crippen LogP contribution in [-0.4, -0.2) is 15.8 Å². The van der Waals surface area contributed by atoms with Gasteiger partial charge in [-0.3, -0.25) is 0 Å². The van der Waals surface area contributed by atoms with Crippen LogP contribution in [0.5, 0.6) is 0 Å². The molecule has 1 aliphatic carbocycles. The Bertz CT molecular complexity index is 1060. The van der Waals surface area contributed by atoms with Crippen LogP contribution in [0, 0.1) is 0 Å². The quantitative estimate of drug-likeness (QED) is 0.450. The molecular formula is C25H25N3. The third-order valence-electron chi connectivity index (χ3n) is 5.72. The fraction of sp³-hybridized carbons (Fsp3) is 0.240. The number of fused-ring (bicyclic) bond motifs is 1. The van der Waals surface area contributed by atoms with Gasteiger partial charge in [-0.05, 0) is 37.1 Å². The van der Waals surface area contributed by atoms with Crippen molar-refractivity contribution in [3.05, 3.63) is 78.9 Å². The lowest BCUT2D eigenvalue weighted by atomic mass is 9.95. The zero-order chi connectivity index (χ0) is 18.8. The molecular weight excluding hydrogens is 342 g/mol. The van der Waals surface area contributed by atoms with Gasteiger partial charge in [0.25, 0.3) is 0 Å². The average Bonchev–Trinajstić information content (AvgIpc) is 3.17. The van der Waals surface area contributed by atoms with E-state index in [0.29, 0.717) is 6.04 Å². The van der Waals surface area contributed by atoms with Gasteiger partial charge < -0.3 is 5.32 Å². The summed E-state index contributed by atoms with van der Waals surface area (Å²) >= 11 is 0. The Hall–Kier alpha value is -3.07. The molecule has 3 nitrogen and oxygen atoms in total. The van der Waals surface area contributed by atoms with E-state index >= 15 is 0 Å². The van der Waals surface area contributed by atoms with Crippen LogP contribution >= 0.6 is 0 Å². The van der Waals surface area contributed by atoms with E-state index in [1.807, 2.05) is 6.07 Å². The van der Waals surface area contributed by atoms with E-state index in [1.165, 1.54) is 43.2 Å². The molecule has 0 spiro atoms. The lowest BCUT2D eigenvalue weighted by Crippen LogP contribution is -2.22. The minimum Gasteiger partial charge on any atom is -0.382 e. The summed E-state index contributed by atoms with van der Waals surface area (Å²) in [5.74, 6) is 0. The van der Waals surface area contributed by atoms with E-state index in [2.05, 4.69) is 82.8 Å². The highest BCUT2D eigenvalue weighted by Crippen LogP contribution is 2.36. The third-order valence-corrected chi connectivity index (χ3v) is 5.72.